The summed E-state index contributed by atoms with van der Waals surface area (Å²) in [5.41, 5.74) is 6.63. The van der Waals surface area contributed by atoms with E-state index in [9.17, 15) is 4.79 Å². The summed E-state index contributed by atoms with van der Waals surface area (Å²) in [5.74, 6) is -0.125. The van der Waals surface area contributed by atoms with E-state index in [0.717, 1.165) is 25.6 Å². The molecule has 1 aromatic rings. The molecule has 2 aliphatic rings. The van der Waals surface area contributed by atoms with Gasteiger partial charge in [-0.15, -0.1) is 0 Å². The first-order valence-electron chi connectivity index (χ1n) is 6.74. The fourth-order valence-electron chi connectivity index (χ4n) is 2.66. The predicted octanol–water partition coefficient (Wildman–Crippen LogP) is 1.89. The molecule has 1 atom stereocenters. The van der Waals surface area contributed by atoms with Gasteiger partial charge >= 0.3 is 0 Å². The minimum Gasteiger partial charge on any atom is -0.398 e. The molecule has 1 unspecified atom stereocenters. The summed E-state index contributed by atoms with van der Waals surface area (Å²) in [6.45, 7) is 2.04. The molecule has 3 N–H and O–H groups in total. The van der Waals surface area contributed by atoms with Gasteiger partial charge in [0.25, 0.3) is 5.91 Å². The highest BCUT2D eigenvalue weighted by Gasteiger charge is 2.34. The molecule has 0 radical (unpaired) electrons. The summed E-state index contributed by atoms with van der Waals surface area (Å²) in [4.78, 5) is 14.7. The fourth-order valence-corrected chi connectivity index (χ4v) is 2.88. The average molecular weight is 280 g/mol. The van der Waals surface area contributed by atoms with E-state index in [1.807, 2.05) is 0 Å². The molecule has 1 aliphatic heterocycles. The number of anilines is 1. The average Bonchev–Trinajstić information content (AvgIpc) is 3.14. The molecule has 1 aromatic carbocycles. The Morgan fingerprint density at radius 2 is 2.16 bits per heavy atom. The van der Waals surface area contributed by atoms with Crippen LogP contribution in [0.15, 0.2) is 18.2 Å². The quantitative estimate of drug-likeness (QED) is 0.831. The molecule has 0 bridgehead atoms. The molecular weight excluding hydrogens is 262 g/mol. The summed E-state index contributed by atoms with van der Waals surface area (Å²) in [7, 11) is 0. The summed E-state index contributed by atoms with van der Waals surface area (Å²) in [6.07, 6.45) is 3.63. The van der Waals surface area contributed by atoms with Crippen LogP contribution >= 0.6 is 11.6 Å². The largest absolute Gasteiger partial charge is 0.398 e. The summed E-state index contributed by atoms with van der Waals surface area (Å²) < 4.78 is 0. The Kier molecular flexibility index (Phi) is 3.37. The van der Waals surface area contributed by atoms with E-state index >= 15 is 0 Å². The van der Waals surface area contributed by atoms with E-state index < -0.39 is 0 Å². The topological polar surface area (TPSA) is 58.4 Å². The van der Waals surface area contributed by atoms with E-state index in [4.69, 9.17) is 17.3 Å². The van der Waals surface area contributed by atoms with Gasteiger partial charge in [0, 0.05) is 25.2 Å². The van der Waals surface area contributed by atoms with Crippen LogP contribution in [-0.4, -0.2) is 36.0 Å². The van der Waals surface area contributed by atoms with Crippen LogP contribution in [-0.2, 0) is 0 Å². The Balaban J connectivity index is 1.63. The number of halogens is 1. The summed E-state index contributed by atoms with van der Waals surface area (Å²) in [5, 5.41) is 3.40. The van der Waals surface area contributed by atoms with Crippen molar-refractivity contribution in [2.24, 2.45) is 0 Å². The number of hydrogen-bond donors (Lipinski definition) is 2. The fraction of sp³-hybridized carbons (Fsp3) is 0.500. The van der Waals surface area contributed by atoms with Gasteiger partial charge in [-0.05, 0) is 31.4 Å². The molecule has 0 aromatic heterocycles. The number of carbonyl (C=O) groups excluding carboxylic acids is 1. The molecule has 1 aliphatic carbocycles. The van der Waals surface area contributed by atoms with E-state index in [1.54, 1.807) is 18.2 Å². The smallest absolute Gasteiger partial charge is 0.253 e. The van der Waals surface area contributed by atoms with Crippen molar-refractivity contribution in [1.82, 2.24) is 10.2 Å². The lowest BCUT2D eigenvalue weighted by atomic mass is 10.1. The van der Waals surface area contributed by atoms with E-state index in [1.165, 1.54) is 12.8 Å². The van der Waals surface area contributed by atoms with E-state index in [0.29, 0.717) is 16.3 Å². The van der Waals surface area contributed by atoms with Crippen molar-refractivity contribution in [2.75, 3.05) is 18.8 Å². The highest BCUT2D eigenvalue weighted by atomic mass is 35.5. The number of likely N-dealkylation sites (tertiary alicyclic amines) is 1. The zero-order valence-electron chi connectivity index (χ0n) is 10.7. The van der Waals surface area contributed by atoms with Gasteiger partial charge < -0.3 is 11.1 Å². The molecule has 2 fully saturated rings. The van der Waals surface area contributed by atoms with Gasteiger partial charge in [-0.2, -0.15) is 0 Å². The van der Waals surface area contributed by atoms with Crippen molar-refractivity contribution in [3.8, 4) is 0 Å². The van der Waals surface area contributed by atoms with Crippen LogP contribution in [0.2, 0.25) is 5.02 Å². The van der Waals surface area contributed by atoms with Crippen molar-refractivity contribution in [2.45, 2.75) is 31.3 Å². The number of hydrogen-bond acceptors (Lipinski definition) is 3. The van der Waals surface area contributed by atoms with Crippen LogP contribution in [0.25, 0.3) is 0 Å². The molecule has 1 amide bonds. The van der Waals surface area contributed by atoms with Crippen LogP contribution < -0.4 is 11.1 Å². The third kappa shape index (κ3) is 2.69. The molecule has 1 saturated carbocycles. The minimum absolute atomic E-state index is 0.125. The third-order valence-electron chi connectivity index (χ3n) is 3.89. The Morgan fingerprint density at radius 1 is 1.37 bits per heavy atom. The molecule has 4 nitrogen and oxygen atoms in total. The number of nitrogens with two attached hydrogens (primary N) is 1. The minimum atomic E-state index is -0.125. The molecule has 0 spiro atoms. The number of nitrogen functional groups attached to an aromatic ring is 1. The van der Waals surface area contributed by atoms with Crippen molar-refractivity contribution >= 4 is 23.2 Å². The number of nitrogens with zero attached hydrogens (tertiary/aromatic N) is 1. The van der Waals surface area contributed by atoms with Gasteiger partial charge in [0.1, 0.15) is 0 Å². The maximum Gasteiger partial charge on any atom is 0.253 e. The van der Waals surface area contributed by atoms with Crippen LogP contribution in [0.4, 0.5) is 5.69 Å². The van der Waals surface area contributed by atoms with Crippen molar-refractivity contribution in [3.05, 3.63) is 28.8 Å². The van der Waals surface area contributed by atoms with Gasteiger partial charge in [0.15, 0.2) is 0 Å². The monoisotopic (exact) mass is 279 g/mol. The Morgan fingerprint density at radius 3 is 2.89 bits per heavy atom. The molecule has 1 saturated heterocycles. The summed E-state index contributed by atoms with van der Waals surface area (Å²) >= 11 is 6.07. The zero-order chi connectivity index (χ0) is 13.4. The Labute approximate surface area is 117 Å². The lowest BCUT2D eigenvalue weighted by molar-refractivity contribution is 0.0937. The first-order valence-corrected chi connectivity index (χ1v) is 7.12. The van der Waals surface area contributed by atoms with Gasteiger partial charge in [-0.3, -0.25) is 9.69 Å². The van der Waals surface area contributed by atoms with E-state index in [2.05, 4.69) is 10.2 Å². The molecule has 1 heterocycles. The standard InChI is InChI=1S/C14H18ClN3O/c15-13-11(2-1-3-12(13)16)14(19)17-9-6-7-18(8-9)10-4-5-10/h1-3,9-10H,4-8,16H2,(H,17,19). The number of amides is 1. The molecule has 5 heteroatoms. The highest BCUT2D eigenvalue weighted by molar-refractivity contribution is 6.36. The SMILES string of the molecule is Nc1cccc(C(=O)NC2CCN(C3CC3)C2)c1Cl. The van der Waals surface area contributed by atoms with Crippen LogP contribution in [0.3, 0.4) is 0 Å². The zero-order valence-corrected chi connectivity index (χ0v) is 11.5. The van der Waals surface area contributed by atoms with Crippen LogP contribution in [0.5, 0.6) is 0 Å². The summed E-state index contributed by atoms with van der Waals surface area (Å²) in [6, 6.07) is 6.15. The van der Waals surface area contributed by atoms with Gasteiger partial charge in [0.05, 0.1) is 16.3 Å². The first kappa shape index (κ1) is 12.8. The lowest BCUT2D eigenvalue weighted by Crippen LogP contribution is -2.37. The second-order valence-electron chi connectivity index (χ2n) is 5.39. The second kappa shape index (κ2) is 5.02. The molecule has 102 valence electrons. The van der Waals surface area contributed by atoms with Gasteiger partial charge in [0.2, 0.25) is 0 Å². The van der Waals surface area contributed by atoms with Crippen molar-refractivity contribution in [1.29, 1.82) is 0 Å². The van der Waals surface area contributed by atoms with Crippen LogP contribution in [0.1, 0.15) is 29.6 Å². The Bertz CT molecular complexity index is 501. The Hall–Kier alpha value is -1.26. The van der Waals surface area contributed by atoms with Gasteiger partial charge in [-0.1, -0.05) is 17.7 Å². The number of carbonyl (C=O) groups is 1. The van der Waals surface area contributed by atoms with Crippen molar-refractivity contribution in [3.63, 3.8) is 0 Å². The van der Waals surface area contributed by atoms with Gasteiger partial charge in [-0.25, -0.2) is 0 Å². The van der Waals surface area contributed by atoms with Crippen molar-refractivity contribution < 1.29 is 4.79 Å². The van der Waals surface area contributed by atoms with E-state index in [-0.39, 0.29) is 11.9 Å². The first-order chi connectivity index (χ1) is 9.15. The van der Waals surface area contributed by atoms with Crippen LogP contribution in [0, 0.1) is 0 Å². The number of nitrogens with one attached hydrogen (secondary N) is 1. The second-order valence-corrected chi connectivity index (χ2v) is 5.77. The third-order valence-corrected chi connectivity index (χ3v) is 4.31. The molecular formula is C14H18ClN3O. The normalized spacial score (nSPS) is 23.5. The predicted molar refractivity (Wildman–Crippen MR) is 76.3 cm³/mol. The number of benzene rings is 1. The maximum atomic E-state index is 12.2. The molecule has 19 heavy (non-hydrogen) atoms. The maximum absolute atomic E-state index is 12.2. The number of rotatable bonds is 3. The highest BCUT2D eigenvalue weighted by Crippen LogP contribution is 2.30. The molecule has 3 rings (SSSR count). The lowest BCUT2D eigenvalue weighted by Gasteiger charge is -2.16.